The van der Waals surface area contributed by atoms with Gasteiger partial charge in [-0.15, -0.1) is 11.3 Å². The molecule has 0 aliphatic carbocycles. The Labute approximate surface area is 254 Å². The molecule has 5 rings (SSSR count). The average molecular weight is 605 g/mol. The van der Waals surface area contributed by atoms with Crippen LogP contribution in [0, 0.1) is 0 Å². The number of ether oxygens (including phenoxy) is 2. The number of fused-ring (bicyclic) bond motifs is 1. The zero-order valence-electron chi connectivity index (χ0n) is 23.7. The lowest BCUT2D eigenvalue weighted by molar-refractivity contribution is -0.152. The maximum absolute atomic E-state index is 14.7. The number of thiophene rings is 1. The zero-order valence-corrected chi connectivity index (χ0v) is 25.2. The van der Waals surface area contributed by atoms with Crippen LogP contribution in [0.1, 0.15) is 40.7 Å². The number of hydrogen-bond donors (Lipinski definition) is 0. The van der Waals surface area contributed by atoms with Crippen LogP contribution < -0.4 is 4.74 Å². The molecule has 0 N–H and O–H groups in total. The van der Waals surface area contributed by atoms with E-state index in [1.54, 1.807) is 23.0 Å². The van der Waals surface area contributed by atoms with Gasteiger partial charge in [0.05, 0.1) is 19.8 Å². The van der Waals surface area contributed by atoms with Crippen LogP contribution in [0.5, 0.6) is 5.75 Å². The summed E-state index contributed by atoms with van der Waals surface area (Å²) in [6.07, 6.45) is 1.46. The minimum atomic E-state index is -1.10. The molecule has 0 bridgehead atoms. The summed E-state index contributed by atoms with van der Waals surface area (Å²) >= 11 is 7.80. The molecule has 218 valence electrons. The molecule has 4 aromatic rings. The largest absolute Gasteiger partial charge is 0.497 e. The fourth-order valence-corrected chi connectivity index (χ4v) is 6.75. The van der Waals surface area contributed by atoms with Gasteiger partial charge in [-0.1, -0.05) is 54.1 Å². The summed E-state index contributed by atoms with van der Waals surface area (Å²) in [5.41, 5.74) is 1.26. The second-order valence-electron chi connectivity index (χ2n) is 10.4. The van der Waals surface area contributed by atoms with E-state index >= 15 is 0 Å². The second-order valence-corrected chi connectivity index (χ2v) is 11.8. The normalized spacial score (nSPS) is 16.1. The van der Waals surface area contributed by atoms with E-state index in [1.165, 1.54) is 18.4 Å². The fraction of sp³-hybridized carbons (Fsp3) is 0.303. The summed E-state index contributed by atoms with van der Waals surface area (Å²) in [7, 11) is 2.96. The monoisotopic (exact) mass is 604 g/mol. The van der Waals surface area contributed by atoms with Crippen molar-refractivity contribution in [3.63, 3.8) is 0 Å². The lowest BCUT2D eigenvalue weighted by Gasteiger charge is -2.53. The molecule has 2 heterocycles. The summed E-state index contributed by atoms with van der Waals surface area (Å²) in [6.45, 7) is 1.08. The smallest absolute Gasteiger partial charge is 0.305 e. The Morgan fingerprint density at radius 1 is 1.00 bits per heavy atom. The summed E-state index contributed by atoms with van der Waals surface area (Å²) in [5.74, 6) is 0.0348. The topological polar surface area (TPSA) is 76.2 Å². The number of amides is 2. The number of hydrogen-bond acceptors (Lipinski definition) is 6. The molecule has 9 heteroatoms. The third-order valence-corrected chi connectivity index (χ3v) is 9.04. The van der Waals surface area contributed by atoms with Gasteiger partial charge >= 0.3 is 5.97 Å². The Kier molecular flexibility index (Phi) is 9.14. The Morgan fingerprint density at radius 2 is 1.79 bits per heavy atom. The highest BCUT2D eigenvalue weighted by atomic mass is 35.5. The Hall–Kier alpha value is -3.88. The van der Waals surface area contributed by atoms with Crippen molar-refractivity contribution < 1.29 is 23.9 Å². The summed E-state index contributed by atoms with van der Waals surface area (Å²) < 4.78 is 11.3. The van der Waals surface area contributed by atoms with Crippen LogP contribution in [-0.2, 0) is 27.3 Å². The molecule has 1 atom stereocenters. The minimum Gasteiger partial charge on any atom is -0.497 e. The SMILES string of the molecule is COC(=O)CCCN(Cc1cccc(Cl)c1)C(=O)C1(Cc2cccc(OC)c2)CCN1C(=O)c1csc2ccccc12. The Morgan fingerprint density at radius 3 is 2.52 bits per heavy atom. The molecular weight excluding hydrogens is 572 g/mol. The van der Waals surface area contributed by atoms with Gasteiger partial charge in [-0.3, -0.25) is 14.4 Å². The first-order valence-corrected chi connectivity index (χ1v) is 15.1. The van der Waals surface area contributed by atoms with Crippen molar-refractivity contribution in [3.8, 4) is 5.75 Å². The van der Waals surface area contributed by atoms with Crippen LogP contribution in [-0.4, -0.2) is 60.4 Å². The molecule has 1 unspecified atom stereocenters. The van der Waals surface area contributed by atoms with Gasteiger partial charge in [0.2, 0.25) is 5.91 Å². The summed E-state index contributed by atoms with van der Waals surface area (Å²) in [5, 5.41) is 3.34. The number of rotatable bonds is 11. The quantitative estimate of drug-likeness (QED) is 0.186. The highest BCUT2D eigenvalue weighted by molar-refractivity contribution is 7.17. The van der Waals surface area contributed by atoms with Crippen molar-refractivity contribution in [1.29, 1.82) is 0 Å². The van der Waals surface area contributed by atoms with E-state index < -0.39 is 5.54 Å². The summed E-state index contributed by atoms with van der Waals surface area (Å²) in [6, 6.07) is 22.8. The van der Waals surface area contributed by atoms with Crippen LogP contribution in [0.15, 0.2) is 78.2 Å². The van der Waals surface area contributed by atoms with Crippen LogP contribution in [0.2, 0.25) is 5.02 Å². The van der Waals surface area contributed by atoms with Gasteiger partial charge in [0, 0.05) is 53.0 Å². The van der Waals surface area contributed by atoms with Gasteiger partial charge in [0.25, 0.3) is 5.91 Å². The van der Waals surface area contributed by atoms with Crippen LogP contribution >= 0.6 is 22.9 Å². The molecule has 1 aliphatic rings. The van der Waals surface area contributed by atoms with Crippen LogP contribution in [0.4, 0.5) is 0 Å². The molecule has 3 aromatic carbocycles. The van der Waals surface area contributed by atoms with E-state index in [0.29, 0.717) is 55.2 Å². The maximum Gasteiger partial charge on any atom is 0.305 e. The van der Waals surface area contributed by atoms with E-state index in [0.717, 1.165) is 21.2 Å². The molecule has 0 saturated carbocycles. The molecular formula is C33H33ClN2O5S. The lowest BCUT2D eigenvalue weighted by Crippen LogP contribution is -2.70. The van der Waals surface area contributed by atoms with Gasteiger partial charge in [-0.25, -0.2) is 0 Å². The first-order valence-electron chi connectivity index (χ1n) is 13.9. The minimum absolute atomic E-state index is 0.158. The molecule has 1 aliphatic heterocycles. The standard InChI is InChI=1S/C33H33ClN2O5S/c1-40-26-11-6-8-23(19-26)20-33(15-17-36(33)31(38)28-22-42-29-13-4-3-12-27(28)29)32(39)35(16-7-14-30(37)41-2)21-24-9-5-10-25(34)18-24/h3-6,8-13,18-19,22H,7,14-17,20-21H2,1-2H3. The highest BCUT2D eigenvalue weighted by Crippen LogP contribution is 2.40. The number of likely N-dealkylation sites (tertiary alicyclic amines) is 1. The van der Waals surface area contributed by atoms with Gasteiger partial charge in [-0.2, -0.15) is 0 Å². The van der Waals surface area contributed by atoms with E-state index in [-0.39, 0.29) is 24.2 Å². The molecule has 1 fully saturated rings. The van der Waals surface area contributed by atoms with Gasteiger partial charge in [-0.05, 0) is 54.3 Å². The highest BCUT2D eigenvalue weighted by Gasteiger charge is 2.55. The predicted molar refractivity (Wildman–Crippen MR) is 165 cm³/mol. The van der Waals surface area contributed by atoms with E-state index in [4.69, 9.17) is 21.1 Å². The average Bonchev–Trinajstić information content (AvgIpc) is 3.43. The van der Waals surface area contributed by atoms with E-state index in [9.17, 15) is 14.4 Å². The molecule has 1 saturated heterocycles. The Balaban J connectivity index is 1.52. The third kappa shape index (κ3) is 6.15. The molecule has 2 amide bonds. The Bertz CT molecular complexity index is 1600. The van der Waals surface area contributed by atoms with Gasteiger partial charge < -0.3 is 19.3 Å². The summed E-state index contributed by atoms with van der Waals surface area (Å²) in [4.78, 5) is 44.3. The number of esters is 1. The van der Waals surface area contributed by atoms with Crippen LogP contribution in [0.3, 0.4) is 0 Å². The third-order valence-electron chi connectivity index (χ3n) is 7.84. The maximum atomic E-state index is 14.7. The zero-order chi connectivity index (χ0) is 29.7. The number of carbonyl (C=O) groups excluding carboxylic acids is 3. The van der Waals surface area contributed by atoms with E-state index in [1.807, 2.05) is 72.1 Å². The van der Waals surface area contributed by atoms with Crippen molar-refractivity contribution >= 4 is 50.8 Å². The lowest BCUT2D eigenvalue weighted by atomic mass is 9.77. The number of methoxy groups -OCH3 is 2. The number of benzene rings is 3. The molecule has 1 aromatic heterocycles. The number of nitrogens with zero attached hydrogens (tertiary/aromatic N) is 2. The number of carbonyl (C=O) groups is 3. The molecule has 7 nitrogen and oxygen atoms in total. The van der Waals surface area contributed by atoms with Crippen molar-refractivity contribution in [3.05, 3.63) is 99.9 Å². The first-order chi connectivity index (χ1) is 20.3. The van der Waals surface area contributed by atoms with E-state index in [2.05, 4.69) is 0 Å². The van der Waals surface area contributed by atoms with Gasteiger partial charge in [0.15, 0.2) is 0 Å². The molecule has 0 spiro atoms. The van der Waals surface area contributed by atoms with Gasteiger partial charge in [0.1, 0.15) is 11.3 Å². The molecule has 0 radical (unpaired) electrons. The fourth-order valence-electron chi connectivity index (χ4n) is 5.60. The van der Waals surface area contributed by atoms with Crippen molar-refractivity contribution in [2.75, 3.05) is 27.3 Å². The van der Waals surface area contributed by atoms with Crippen molar-refractivity contribution in [2.45, 2.75) is 37.8 Å². The van der Waals surface area contributed by atoms with Crippen molar-refractivity contribution in [2.24, 2.45) is 0 Å². The predicted octanol–water partition coefficient (Wildman–Crippen LogP) is 6.37. The van der Waals surface area contributed by atoms with Crippen LogP contribution in [0.25, 0.3) is 10.1 Å². The second kappa shape index (κ2) is 13.0. The number of halogens is 1. The molecule has 42 heavy (non-hydrogen) atoms. The van der Waals surface area contributed by atoms with Crippen molar-refractivity contribution in [1.82, 2.24) is 9.80 Å². The first kappa shape index (κ1) is 29.6.